The van der Waals surface area contributed by atoms with Crippen molar-refractivity contribution in [1.29, 1.82) is 0 Å². The molecular weight excluding hydrogens is 400 g/mol. The van der Waals surface area contributed by atoms with E-state index in [-0.39, 0.29) is 19.2 Å². The van der Waals surface area contributed by atoms with Gasteiger partial charge in [0.1, 0.15) is 12.1 Å². The first kappa shape index (κ1) is 20.4. The lowest BCUT2D eigenvalue weighted by Gasteiger charge is -2.14. The van der Waals surface area contributed by atoms with Gasteiger partial charge in [-0.2, -0.15) is 4.68 Å². The maximum atomic E-state index is 5.57. The minimum absolute atomic E-state index is 0. The summed E-state index contributed by atoms with van der Waals surface area (Å²) in [5.41, 5.74) is 3.49. The molecule has 156 valence electrons. The summed E-state index contributed by atoms with van der Waals surface area (Å²) in [7, 11) is 0. The Morgan fingerprint density at radius 1 is 0.933 bits per heavy atom. The largest absolute Gasteiger partial charge is 0.459 e. The predicted molar refractivity (Wildman–Crippen MR) is 118 cm³/mol. The van der Waals surface area contributed by atoms with E-state index in [9.17, 15) is 0 Å². The van der Waals surface area contributed by atoms with Gasteiger partial charge in [-0.15, -0.1) is 17.5 Å². The second-order valence-electron chi connectivity index (χ2n) is 7.49. The van der Waals surface area contributed by atoms with Crippen LogP contribution in [0.5, 0.6) is 0 Å². The van der Waals surface area contributed by atoms with Crippen molar-refractivity contribution in [3.05, 3.63) is 77.8 Å². The van der Waals surface area contributed by atoms with Crippen LogP contribution in [0.25, 0.3) is 17.3 Å². The molecule has 2 aromatic carbocycles. The Hall–Kier alpha value is -2.83. The molecule has 30 heavy (non-hydrogen) atoms. The smallest absolute Gasteiger partial charge is 0.255 e. The standard InChI is InChI=1S/C23H24N4O2.ClH/c1-2-7-18(8-3-1)14-21-24-23(25-27(21)22-16-28-17-29-22)20-10-6-9-19(13-20)15-26-11-4-5-12-26;/h1-3,6-10,13,16H,4-5,11-12,14-15,17H2;1H. The molecule has 0 atom stereocenters. The Morgan fingerprint density at radius 3 is 2.50 bits per heavy atom. The second kappa shape index (κ2) is 9.32. The fourth-order valence-electron chi connectivity index (χ4n) is 3.89. The van der Waals surface area contributed by atoms with Crippen LogP contribution in [0.15, 0.2) is 60.9 Å². The van der Waals surface area contributed by atoms with E-state index in [2.05, 4.69) is 41.3 Å². The van der Waals surface area contributed by atoms with Crippen molar-refractivity contribution in [2.45, 2.75) is 25.8 Å². The normalized spacial score (nSPS) is 15.9. The molecule has 0 N–H and O–H groups in total. The highest BCUT2D eigenvalue weighted by Gasteiger charge is 2.19. The van der Waals surface area contributed by atoms with Gasteiger partial charge >= 0.3 is 0 Å². The van der Waals surface area contributed by atoms with Crippen LogP contribution < -0.4 is 0 Å². The number of nitrogens with zero attached hydrogens (tertiary/aromatic N) is 4. The number of halogens is 1. The molecule has 1 saturated heterocycles. The summed E-state index contributed by atoms with van der Waals surface area (Å²) in [5.74, 6) is 2.10. The van der Waals surface area contributed by atoms with Gasteiger partial charge in [0.2, 0.25) is 6.79 Å². The molecule has 3 heterocycles. The molecular formula is C23H25ClN4O2. The van der Waals surface area contributed by atoms with E-state index in [1.165, 1.54) is 37.1 Å². The van der Waals surface area contributed by atoms with E-state index in [0.717, 1.165) is 17.9 Å². The number of ether oxygens (including phenoxy) is 2. The average molecular weight is 425 g/mol. The lowest BCUT2D eigenvalue weighted by atomic mass is 10.1. The van der Waals surface area contributed by atoms with Crippen LogP contribution in [0.3, 0.4) is 0 Å². The highest BCUT2D eigenvalue weighted by atomic mass is 35.5. The Labute approximate surface area is 182 Å². The van der Waals surface area contributed by atoms with Crippen LogP contribution in [0, 0.1) is 0 Å². The van der Waals surface area contributed by atoms with Gasteiger partial charge in [0, 0.05) is 18.5 Å². The number of likely N-dealkylation sites (tertiary alicyclic amines) is 1. The van der Waals surface area contributed by atoms with E-state index >= 15 is 0 Å². The quantitative estimate of drug-likeness (QED) is 0.590. The molecule has 6 nitrogen and oxygen atoms in total. The number of rotatable bonds is 6. The molecule has 0 spiro atoms. The summed E-state index contributed by atoms with van der Waals surface area (Å²) in [6.45, 7) is 3.56. The highest BCUT2D eigenvalue weighted by molar-refractivity contribution is 5.85. The Kier molecular flexibility index (Phi) is 6.35. The predicted octanol–water partition coefficient (Wildman–Crippen LogP) is 4.31. The minimum Gasteiger partial charge on any atom is -0.459 e. The third-order valence-electron chi connectivity index (χ3n) is 5.34. The Morgan fingerprint density at radius 2 is 1.73 bits per heavy atom. The van der Waals surface area contributed by atoms with E-state index < -0.39 is 0 Å². The fraction of sp³-hybridized carbons (Fsp3) is 0.304. The molecule has 5 rings (SSSR count). The summed E-state index contributed by atoms with van der Waals surface area (Å²) in [6, 6.07) is 18.8. The van der Waals surface area contributed by atoms with Gasteiger partial charge in [-0.25, -0.2) is 4.98 Å². The first-order chi connectivity index (χ1) is 14.3. The zero-order valence-corrected chi connectivity index (χ0v) is 17.6. The van der Waals surface area contributed by atoms with Crippen molar-refractivity contribution in [3.8, 4) is 11.4 Å². The monoisotopic (exact) mass is 424 g/mol. The summed E-state index contributed by atoms with van der Waals surface area (Å²) in [5, 5.41) is 4.75. The molecule has 1 aromatic heterocycles. The molecule has 1 fully saturated rings. The number of benzene rings is 2. The molecule has 2 aliphatic heterocycles. The second-order valence-corrected chi connectivity index (χ2v) is 7.49. The van der Waals surface area contributed by atoms with Gasteiger partial charge in [-0.3, -0.25) is 4.90 Å². The summed E-state index contributed by atoms with van der Waals surface area (Å²) >= 11 is 0. The highest BCUT2D eigenvalue weighted by Crippen LogP contribution is 2.23. The van der Waals surface area contributed by atoms with Crippen LogP contribution in [0.1, 0.15) is 29.8 Å². The Bertz CT molecular complexity index is 1010. The van der Waals surface area contributed by atoms with Crippen LogP contribution in [-0.2, 0) is 22.4 Å². The molecule has 0 amide bonds. The summed E-state index contributed by atoms with van der Waals surface area (Å²) < 4.78 is 12.6. The van der Waals surface area contributed by atoms with Crippen molar-refractivity contribution >= 4 is 18.3 Å². The van der Waals surface area contributed by atoms with Crippen LogP contribution >= 0.6 is 12.4 Å². The van der Waals surface area contributed by atoms with Gasteiger partial charge in [0.05, 0.1) is 0 Å². The zero-order chi connectivity index (χ0) is 19.5. The van der Waals surface area contributed by atoms with Crippen molar-refractivity contribution in [2.24, 2.45) is 0 Å². The lowest BCUT2D eigenvalue weighted by molar-refractivity contribution is 0.0949. The van der Waals surface area contributed by atoms with Gasteiger partial charge in [0.15, 0.2) is 5.82 Å². The van der Waals surface area contributed by atoms with Crippen LogP contribution in [-0.4, -0.2) is 39.5 Å². The average Bonchev–Trinajstić information content (AvgIpc) is 3.51. The third-order valence-corrected chi connectivity index (χ3v) is 5.34. The van der Waals surface area contributed by atoms with Crippen molar-refractivity contribution < 1.29 is 9.47 Å². The van der Waals surface area contributed by atoms with Gasteiger partial charge in [0.25, 0.3) is 5.88 Å². The molecule has 0 unspecified atom stereocenters. The lowest BCUT2D eigenvalue weighted by Crippen LogP contribution is -2.18. The molecule has 3 aromatic rings. The number of hydrogen-bond donors (Lipinski definition) is 0. The van der Waals surface area contributed by atoms with E-state index in [1.54, 1.807) is 10.9 Å². The topological polar surface area (TPSA) is 52.4 Å². The third kappa shape index (κ3) is 4.50. The fourth-order valence-corrected chi connectivity index (χ4v) is 3.89. The molecule has 0 bridgehead atoms. The van der Waals surface area contributed by atoms with Crippen molar-refractivity contribution in [1.82, 2.24) is 19.7 Å². The van der Waals surface area contributed by atoms with Crippen molar-refractivity contribution in [3.63, 3.8) is 0 Å². The van der Waals surface area contributed by atoms with Gasteiger partial charge in [-0.05, 0) is 43.1 Å². The number of hydrogen-bond acceptors (Lipinski definition) is 5. The summed E-state index contributed by atoms with van der Waals surface area (Å²) in [4.78, 5) is 7.36. The molecule has 7 heteroatoms. The minimum atomic E-state index is 0. The molecule has 0 radical (unpaired) electrons. The Balaban J connectivity index is 0.00000218. The SMILES string of the molecule is C1=C(n2nc(-c3cccc(CN4CCCC4)c3)nc2Cc2ccccc2)OCO1.Cl. The van der Waals surface area contributed by atoms with Gasteiger partial charge < -0.3 is 9.47 Å². The maximum Gasteiger partial charge on any atom is 0.255 e. The van der Waals surface area contributed by atoms with Crippen molar-refractivity contribution in [2.75, 3.05) is 19.9 Å². The first-order valence-electron chi connectivity index (χ1n) is 10.1. The molecule has 0 saturated carbocycles. The number of aromatic nitrogens is 3. The molecule has 0 aliphatic carbocycles. The van der Waals surface area contributed by atoms with Crippen LogP contribution in [0.4, 0.5) is 0 Å². The van der Waals surface area contributed by atoms with Gasteiger partial charge in [-0.1, -0.05) is 48.5 Å². The van der Waals surface area contributed by atoms with Crippen LogP contribution in [0.2, 0.25) is 0 Å². The zero-order valence-electron chi connectivity index (χ0n) is 16.7. The van der Waals surface area contributed by atoms with E-state index in [0.29, 0.717) is 18.1 Å². The summed E-state index contributed by atoms with van der Waals surface area (Å²) in [6.07, 6.45) is 4.86. The molecule has 2 aliphatic rings. The van der Waals surface area contributed by atoms with E-state index in [4.69, 9.17) is 19.6 Å². The maximum absolute atomic E-state index is 5.57. The van der Waals surface area contributed by atoms with E-state index in [1.807, 2.05) is 18.2 Å². The first-order valence-corrected chi connectivity index (χ1v) is 10.1.